The van der Waals surface area contributed by atoms with Crippen LogP contribution in [0.15, 0.2) is 30.3 Å². The molecule has 1 aromatic carbocycles. The lowest BCUT2D eigenvalue weighted by Gasteiger charge is -2.47. The van der Waals surface area contributed by atoms with Crippen molar-refractivity contribution in [1.29, 1.82) is 0 Å². The number of carbonyl (C=O) groups is 3. The number of benzene rings is 1. The lowest BCUT2D eigenvalue weighted by Crippen LogP contribution is -2.61. The molecule has 1 aromatic rings. The van der Waals surface area contributed by atoms with Gasteiger partial charge in [-0.25, -0.2) is 4.79 Å². The highest BCUT2D eigenvalue weighted by atomic mass is 16.2. The number of hydrogen-bond donors (Lipinski definition) is 1. The van der Waals surface area contributed by atoms with Gasteiger partial charge < -0.3 is 10.2 Å². The number of hydrogen-bond acceptors (Lipinski definition) is 5. The zero-order valence-corrected chi connectivity index (χ0v) is 22.2. The smallest absolute Gasteiger partial charge is 0.316 e. The van der Waals surface area contributed by atoms with Crippen LogP contribution in [0.25, 0.3) is 0 Å². The molecular weight excluding hydrogens is 440 g/mol. The summed E-state index contributed by atoms with van der Waals surface area (Å²) in [6, 6.07) is 10.0. The van der Waals surface area contributed by atoms with Crippen LogP contribution < -0.4 is 5.32 Å². The fraction of sp³-hybridized carbons (Fsp3) is 0.679. The molecule has 0 bridgehead atoms. The molecule has 3 amide bonds. The summed E-state index contributed by atoms with van der Waals surface area (Å²) in [6.45, 7) is 13.2. The van der Waals surface area contributed by atoms with Crippen LogP contribution in [0.3, 0.4) is 0 Å². The third kappa shape index (κ3) is 4.77. The zero-order chi connectivity index (χ0) is 25.5. The van der Waals surface area contributed by atoms with Gasteiger partial charge in [-0.2, -0.15) is 0 Å². The number of rotatable bonds is 6. The standard InChI is InChI=1S/C28H42N4O3/c1-19(2)32-26(35)30(6)25(34)28(32)12-14-31(15-13-28)24(23(33)16-27(3,4)5)22-18-29-17-21(22)20-10-8-7-9-11-20/h7-11,19,21-22,24,29H,12-18H2,1-6H3/t21-,22-,24?/m1/s1. The molecule has 192 valence electrons. The van der Waals surface area contributed by atoms with E-state index in [0.717, 1.165) is 13.1 Å². The number of nitrogens with zero attached hydrogens (tertiary/aromatic N) is 3. The minimum atomic E-state index is -0.791. The SMILES string of the molecule is CC(C)N1C(=O)N(C)C(=O)C12CCN(C(C(=O)CC(C)(C)C)[C@@H]1CNC[C@@H]1c1ccccc1)CC2. The van der Waals surface area contributed by atoms with Crippen molar-refractivity contribution < 1.29 is 14.4 Å². The Kier molecular flexibility index (Phi) is 7.13. The van der Waals surface area contributed by atoms with Crippen molar-refractivity contribution in [3.05, 3.63) is 35.9 Å². The van der Waals surface area contributed by atoms with E-state index in [-0.39, 0.29) is 47.1 Å². The molecule has 4 rings (SSSR count). The number of ketones is 1. The van der Waals surface area contributed by atoms with Gasteiger partial charge in [-0.15, -0.1) is 0 Å². The van der Waals surface area contributed by atoms with Gasteiger partial charge in [0.15, 0.2) is 5.78 Å². The zero-order valence-electron chi connectivity index (χ0n) is 22.2. The van der Waals surface area contributed by atoms with Crippen molar-refractivity contribution in [2.75, 3.05) is 33.2 Å². The van der Waals surface area contributed by atoms with Gasteiger partial charge in [-0.1, -0.05) is 51.1 Å². The molecule has 0 aliphatic carbocycles. The summed E-state index contributed by atoms with van der Waals surface area (Å²) >= 11 is 0. The molecule has 1 spiro atoms. The molecule has 3 fully saturated rings. The third-order valence-electron chi connectivity index (χ3n) is 8.12. The number of piperidine rings is 1. The maximum Gasteiger partial charge on any atom is 0.327 e. The second kappa shape index (κ2) is 9.66. The van der Waals surface area contributed by atoms with E-state index in [4.69, 9.17) is 0 Å². The molecule has 1 unspecified atom stereocenters. The van der Waals surface area contributed by atoms with Gasteiger partial charge in [-0.3, -0.25) is 19.4 Å². The van der Waals surface area contributed by atoms with Crippen LogP contribution in [-0.2, 0) is 9.59 Å². The molecule has 1 N–H and O–H groups in total. The topological polar surface area (TPSA) is 73.0 Å². The number of imide groups is 1. The Hall–Kier alpha value is -2.25. The number of nitrogens with one attached hydrogen (secondary N) is 1. The van der Waals surface area contributed by atoms with Crippen molar-refractivity contribution in [3.8, 4) is 0 Å². The van der Waals surface area contributed by atoms with Crippen LogP contribution in [0, 0.1) is 11.3 Å². The Morgan fingerprint density at radius 2 is 1.71 bits per heavy atom. The minimum Gasteiger partial charge on any atom is -0.316 e. The van der Waals surface area contributed by atoms with E-state index < -0.39 is 5.54 Å². The van der Waals surface area contributed by atoms with Crippen LogP contribution in [-0.4, -0.2) is 83.3 Å². The highest BCUT2D eigenvalue weighted by molar-refractivity contribution is 6.07. The molecule has 35 heavy (non-hydrogen) atoms. The highest BCUT2D eigenvalue weighted by Gasteiger charge is 2.58. The maximum atomic E-state index is 13.9. The first kappa shape index (κ1) is 25.8. The molecule has 3 aliphatic rings. The number of Topliss-reactive ketones (excluding diaryl/α,β-unsaturated/α-hetero) is 1. The highest BCUT2D eigenvalue weighted by Crippen LogP contribution is 2.41. The van der Waals surface area contributed by atoms with Crippen LogP contribution in [0.1, 0.15) is 65.4 Å². The van der Waals surface area contributed by atoms with Crippen molar-refractivity contribution in [3.63, 3.8) is 0 Å². The summed E-state index contributed by atoms with van der Waals surface area (Å²) in [4.78, 5) is 45.4. The predicted octanol–water partition coefficient (Wildman–Crippen LogP) is 3.50. The summed E-state index contributed by atoms with van der Waals surface area (Å²) in [5.41, 5.74) is 0.390. The lowest BCUT2D eigenvalue weighted by molar-refractivity contribution is -0.137. The molecule has 7 nitrogen and oxygen atoms in total. The van der Waals surface area contributed by atoms with Crippen LogP contribution in [0.2, 0.25) is 0 Å². The van der Waals surface area contributed by atoms with Gasteiger partial charge in [0.25, 0.3) is 5.91 Å². The molecular formula is C28H42N4O3. The Labute approximate surface area is 210 Å². The van der Waals surface area contributed by atoms with E-state index in [2.05, 4.69) is 55.3 Å². The van der Waals surface area contributed by atoms with Crippen molar-refractivity contribution in [1.82, 2.24) is 20.0 Å². The van der Waals surface area contributed by atoms with E-state index in [1.54, 1.807) is 11.9 Å². The van der Waals surface area contributed by atoms with Crippen molar-refractivity contribution in [2.24, 2.45) is 11.3 Å². The number of likely N-dealkylation sites (tertiary alicyclic amines) is 1. The van der Waals surface area contributed by atoms with Gasteiger partial charge in [0, 0.05) is 57.5 Å². The largest absolute Gasteiger partial charge is 0.327 e. The summed E-state index contributed by atoms with van der Waals surface area (Å²) in [5.74, 6) is 0.632. The quantitative estimate of drug-likeness (QED) is 0.629. The van der Waals surface area contributed by atoms with Crippen LogP contribution in [0.5, 0.6) is 0 Å². The minimum absolute atomic E-state index is 0.0530. The molecule has 3 heterocycles. The number of likely N-dealkylation sites (N-methyl/N-ethyl adjacent to an activating group) is 1. The summed E-state index contributed by atoms with van der Waals surface area (Å²) in [5, 5.41) is 3.55. The molecule has 0 aromatic heterocycles. The normalized spacial score (nSPS) is 26.3. The van der Waals surface area contributed by atoms with Gasteiger partial charge >= 0.3 is 6.03 Å². The average Bonchev–Trinajstić information content (AvgIpc) is 3.33. The Morgan fingerprint density at radius 1 is 1.09 bits per heavy atom. The molecule has 3 atom stereocenters. The second-order valence-electron chi connectivity index (χ2n) is 12.2. The summed E-state index contributed by atoms with van der Waals surface area (Å²) in [6.07, 6.45) is 1.65. The van der Waals surface area contributed by atoms with E-state index >= 15 is 0 Å². The first-order valence-corrected chi connectivity index (χ1v) is 13.1. The number of urea groups is 1. The maximum absolute atomic E-state index is 13.9. The summed E-state index contributed by atoms with van der Waals surface area (Å²) < 4.78 is 0. The van der Waals surface area contributed by atoms with Gasteiger partial charge in [-0.05, 0) is 37.7 Å². The van der Waals surface area contributed by atoms with Gasteiger partial charge in [0.2, 0.25) is 0 Å². The fourth-order valence-corrected chi connectivity index (χ4v) is 6.63. The Morgan fingerprint density at radius 3 is 2.29 bits per heavy atom. The van der Waals surface area contributed by atoms with Gasteiger partial charge in [0.1, 0.15) is 5.54 Å². The molecule has 3 aliphatic heterocycles. The van der Waals surface area contributed by atoms with Crippen LogP contribution >= 0.6 is 0 Å². The third-order valence-corrected chi connectivity index (χ3v) is 8.12. The van der Waals surface area contributed by atoms with Crippen LogP contribution in [0.4, 0.5) is 4.79 Å². The first-order chi connectivity index (χ1) is 16.5. The molecule has 7 heteroatoms. The Balaban J connectivity index is 1.61. The average molecular weight is 483 g/mol. The van der Waals surface area contributed by atoms with E-state index in [0.29, 0.717) is 32.4 Å². The Bertz CT molecular complexity index is 947. The monoisotopic (exact) mass is 482 g/mol. The first-order valence-electron chi connectivity index (χ1n) is 13.1. The van der Waals surface area contributed by atoms with E-state index in [1.165, 1.54) is 10.5 Å². The van der Waals surface area contributed by atoms with Crippen molar-refractivity contribution in [2.45, 2.75) is 77.4 Å². The lowest BCUT2D eigenvalue weighted by atomic mass is 9.76. The molecule has 0 saturated carbocycles. The number of amides is 3. The predicted molar refractivity (Wildman–Crippen MR) is 137 cm³/mol. The van der Waals surface area contributed by atoms with Crippen molar-refractivity contribution >= 4 is 17.7 Å². The van der Waals surface area contributed by atoms with E-state index in [1.807, 2.05) is 19.9 Å². The summed E-state index contributed by atoms with van der Waals surface area (Å²) in [7, 11) is 1.59. The molecule has 3 saturated heterocycles. The van der Waals surface area contributed by atoms with Gasteiger partial charge in [0.05, 0.1) is 6.04 Å². The molecule has 0 radical (unpaired) electrons. The fourth-order valence-electron chi connectivity index (χ4n) is 6.63. The van der Waals surface area contributed by atoms with E-state index in [9.17, 15) is 14.4 Å². The number of carbonyl (C=O) groups excluding carboxylic acids is 3. The second-order valence-corrected chi connectivity index (χ2v) is 12.2.